The topological polar surface area (TPSA) is 46.5 Å². The fourth-order valence-corrected chi connectivity index (χ4v) is 1.36. The number of carboxylic acids is 1. The van der Waals surface area contributed by atoms with Crippen LogP contribution in [0.1, 0.15) is 25.8 Å². The van der Waals surface area contributed by atoms with Crippen molar-refractivity contribution in [1.82, 2.24) is 0 Å². The van der Waals surface area contributed by atoms with E-state index in [1.54, 1.807) is 6.92 Å². The van der Waals surface area contributed by atoms with Crippen LogP contribution in [-0.2, 0) is 11.2 Å². The van der Waals surface area contributed by atoms with Crippen LogP contribution in [0.25, 0.3) is 0 Å². The van der Waals surface area contributed by atoms with Crippen molar-refractivity contribution < 1.29 is 14.6 Å². The van der Waals surface area contributed by atoms with E-state index in [-0.39, 0.29) is 12.5 Å². The molecule has 0 aromatic heterocycles. The molecule has 0 heterocycles. The Bertz CT molecular complexity index is 333. The van der Waals surface area contributed by atoms with Crippen molar-refractivity contribution in [3.63, 3.8) is 0 Å². The molecule has 0 bridgehead atoms. The monoisotopic (exact) mass is 208 g/mol. The van der Waals surface area contributed by atoms with Crippen LogP contribution in [0.5, 0.6) is 5.75 Å². The van der Waals surface area contributed by atoms with Crippen molar-refractivity contribution in [2.75, 3.05) is 0 Å². The average Bonchev–Trinajstić information content (AvgIpc) is 2.16. The number of benzene rings is 1. The van der Waals surface area contributed by atoms with Gasteiger partial charge in [0, 0.05) is 0 Å². The molecule has 0 fully saturated rings. The SMILES string of the molecule is CCc1cccc(O[C@H](C)CC(=O)O)c1. The van der Waals surface area contributed by atoms with Gasteiger partial charge in [-0.3, -0.25) is 4.79 Å². The van der Waals surface area contributed by atoms with Crippen LogP contribution in [0.2, 0.25) is 0 Å². The van der Waals surface area contributed by atoms with Crippen molar-refractivity contribution in [2.45, 2.75) is 32.8 Å². The molecule has 0 spiro atoms. The largest absolute Gasteiger partial charge is 0.490 e. The maximum absolute atomic E-state index is 10.4. The molecular formula is C12H16O3. The predicted octanol–water partition coefficient (Wildman–Crippen LogP) is 2.49. The Morgan fingerprint density at radius 2 is 2.27 bits per heavy atom. The molecule has 0 saturated carbocycles. The van der Waals surface area contributed by atoms with E-state index < -0.39 is 5.97 Å². The normalized spacial score (nSPS) is 12.1. The summed E-state index contributed by atoms with van der Waals surface area (Å²) < 4.78 is 5.49. The van der Waals surface area contributed by atoms with Crippen LogP contribution in [0, 0.1) is 0 Å². The van der Waals surface area contributed by atoms with Crippen molar-refractivity contribution in [3.05, 3.63) is 29.8 Å². The number of ether oxygens (including phenoxy) is 1. The molecule has 0 aliphatic rings. The van der Waals surface area contributed by atoms with E-state index in [4.69, 9.17) is 9.84 Å². The Hall–Kier alpha value is -1.51. The second-order valence-corrected chi connectivity index (χ2v) is 3.53. The zero-order valence-electron chi connectivity index (χ0n) is 9.06. The molecule has 0 aliphatic carbocycles. The molecular weight excluding hydrogens is 192 g/mol. The van der Waals surface area contributed by atoms with Gasteiger partial charge in [-0.2, -0.15) is 0 Å². The van der Waals surface area contributed by atoms with Crippen LogP contribution >= 0.6 is 0 Å². The van der Waals surface area contributed by atoms with Crippen LogP contribution in [0.15, 0.2) is 24.3 Å². The molecule has 0 amide bonds. The molecule has 3 nitrogen and oxygen atoms in total. The molecule has 0 unspecified atom stereocenters. The van der Waals surface area contributed by atoms with E-state index in [0.29, 0.717) is 0 Å². The Labute approximate surface area is 89.7 Å². The molecule has 0 radical (unpaired) electrons. The number of hydrogen-bond donors (Lipinski definition) is 1. The fraction of sp³-hybridized carbons (Fsp3) is 0.417. The van der Waals surface area contributed by atoms with Gasteiger partial charge in [-0.05, 0) is 31.0 Å². The molecule has 82 valence electrons. The summed E-state index contributed by atoms with van der Waals surface area (Å²) in [5, 5.41) is 8.58. The van der Waals surface area contributed by atoms with Crippen molar-refractivity contribution in [2.24, 2.45) is 0 Å². The third kappa shape index (κ3) is 4.02. The minimum absolute atomic E-state index is 0.0242. The van der Waals surface area contributed by atoms with Gasteiger partial charge in [0.1, 0.15) is 11.9 Å². The van der Waals surface area contributed by atoms with Gasteiger partial charge in [0.25, 0.3) is 0 Å². The molecule has 1 aromatic rings. The lowest BCUT2D eigenvalue weighted by Crippen LogP contribution is -2.16. The Balaban J connectivity index is 2.59. The lowest BCUT2D eigenvalue weighted by atomic mass is 10.1. The third-order valence-electron chi connectivity index (χ3n) is 2.11. The first kappa shape index (κ1) is 11.6. The Kier molecular flexibility index (Phi) is 4.16. The Morgan fingerprint density at radius 3 is 2.87 bits per heavy atom. The maximum atomic E-state index is 10.4. The fourth-order valence-electron chi connectivity index (χ4n) is 1.36. The average molecular weight is 208 g/mol. The van der Waals surface area contributed by atoms with Crippen LogP contribution in [-0.4, -0.2) is 17.2 Å². The van der Waals surface area contributed by atoms with Crippen molar-refractivity contribution in [1.29, 1.82) is 0 Å². The highest BCUT2D eigenvalue weighted by molar-refractivity contribution is 5.67. The van der Waals surface area contributed by atoms with Crippen LogP contribution in [0.3, 0.4) is 0 Å². The first-order chi connectivity index (χ1) is 7.11. The molecule has 0 saturated heterocycles. The maximum Gasteiger partial charge on any atom is 0.307 e. The second kappa shape index (κ2) is 5.39. The highest BCUT2D eigenvalue weighted by Crippen LogP contribution is 2.16. The van der Waals surface area contributed by atoms with E-state index in [2.05, 4.69) is 6.92 Å². The second-order valence-electron chi connectivity index (χ2n) is 3.53. The predicted molar refractivity (Wildman–Crippen MR) is 58.2 cm³/mol. The molecule has 3 heteroatoms. The van der Waals surface area contributed by atoms with Gasteiger partial charge in [-0.15, -0.1) is 0 Å². The number of rotatable bonds is 5. The first-order valence-corrected chi connectivity index (χ1v) is 5.09. The molecule has 1 rings (SSSR count). The van der Waals surface area contributed by atoms with Gasteiger partial charge in [0.05, 0.1) is 6.42 Å². The zero-order chi connectivity index (χ0) is 11.3. The number of aliphatic carboxylic acids is 1. The minimum atomic E-state index is -0.839. The van der Waals surface area contributed by atoms with Crippen molar-refractivity contribution in [3.8, 4) is 5.75 Å². The summed E-state index contributed by atoms with van der Waals surface area (Å²) in [6.07, 6.45) is 0.676. The summed E-state index contributed by atoms with van der Waals surface area (Å²) in [7, 11) is 0. The van der Waals surface area contributed by atoms with Crippen LogP contribution in [0.4, 0.5) is 0 Å². The highest BCUT2D eigenvalue weighted by atomic mass is 16.5. The zero-order valence-corrected chi connectivity index (χ0v) is 9.06. The summed E-state index contributed by atoms with van der Waals surface area (Å²) in [6.45, 7) is 3.83. The van der Waals surface area contributed by atoms with Gasteiger partial charge in [-0.1, -0.05) is 19.1 Å². The summed E-state index contributed by atoms with van der Waals surface area (Å²) in [6, 6.07) is 7.73. The van der Waals surface area contributed by atoms with Gasteiger partial charge in [0.15, 0.2) is 0 Å². The van der Waals surface area contributed by atoms with Gasteiger partial charge in [-0.25, -0.2) is 0 Å². The quantitative estimate of drug-likeness (QED) is 0.808. The van der Waals surface area contributed by atoms with Crippen LogP contribution < -0.4 is 4.74 Å². The summed E-state index contributed by atoms with van der Waals surface area (Å²) in [5.41, 5.74) is 1.19. The van der Waals surface area contributed by atoms with Crippen molar-refractivity contribution >= 4 is 5.97 Å². The van der Waals surface area contributed by atoms with E-state index >= 15 is 0 Å². The Morgan fingerprint density at radius 1 is 1.53 bits per heavy atom. The highest BCUT2D eigenvalue weighted by Gasteiger charge is 2.08. The molecule has 15 heavy (non-hydrogen) atoms. The standard InChI is InChI=1S/C12H16O3/c1-3-10-5-4-6-11(8-10)15-9(2)7-12(13)14/h4-6,8-9H,3,7H2,1-2H3,(H,13,14)/t9-/m1/s1. The first-order valence-electron chi connectivity index (χ1n) is 5.09. The van der Waals surface area contributed by atoms with Gasteiger partial charge >= 0.3 is 5.97 Å². The molecule has 1 N–H and O–H groups in total. The smallest absolute Gasteiger partial charge is 0.307 e. The number of aryl methyl sites for hydroxylation is 1. The van der Waals surface area contributed by atoms with E-state index in [9.17, 15) is 4.79 Å². The van der Waals surface area contributed by atoms with Gasteiger partial charge in [0.2, 0.25) is 0 Å². The van der Waals surface area contributed by atoms with E-state index in [1.165, 1.54) is 5.56 Å². The third-order valence-corrected chi connectivity index (χ3v) is 2.11. The molecule has 0 aliphatic heterocycles. The summed E-state index contributed by atoms with van der Waals surface area (Å²) in [5.74, 6) is -0.0998. The number of carboxylic acid groups (broad SMARTS) is 1. The van der Waals surface area contributed by atoms with E-state index in [1.807, 2.05) is 24.3 Å². The summed E-state index contributed by atoms with van der Waals surface area (Å²) in [4.78, 5) is 10.4. The molecule has 1 aromatic carbocycles. The van der Waals surface area contributed by atoms with Gasteiger partial charge < -0.3 is 9.84 Å². The van der Waals surface area contributed by atoms with E-state index in [0.717, 1.165) is 12.2 Å². The summed E-state index contributed by atoms with van der Waals surface area (Å²) >= 11 is 0. The number of carbonyl (C=O) groups is 1. The minimum Gasteiger partial charge on any atom is -0.490 e. The lowest BCUT2D eigenvalue weighted by Gasteiger charge is -2.13. The number of hydrogen-bond acceptors (Lipinski definition) is 2. The lowest BCUT2D eigenvalue weighted by molar-refractivity contribution is -0.138. The molecule has 1 atom stereocenters.